The molecule has 1 aliphatic rings. The lowest BCUT2D eigenvalue weighted by Crippen LogP contribution is -2.48. The van der Waals surface area contributed by atoms with Gasteiger partial charge in [-0.3, -0.25) is 0 Å². The number of benzene rings is 1. The van der Waals surface area contributed by atoms with Gasteiger partial charge >= 0.3 is 0 Å². The van der Waals surface area contributed by atoms with Crippen molar-refractivity contribution >= 4 is 21.6 Å². The van der Waals surface area contributed by atoms with Crippen LogP contribution in [0.1, 0.15) is 12.8 Å². The third kappa shape index (κ3) is 3.00. The lowest BCUT2D eigenvalue weighted by molar-refractivity contribution is 0.0862. The van der Waals surface area contributed by atoms with Gasteiger partial charge in [-0.2, -0.15) is 0 Å². The van der Waals surface area contributed by atoms with E-state index in [-0.39, 0.29) is 12.1 Å². The summed E-state index contributed by atoms with van der Waals surface area (Å²) < 4.78 is 6.32. The van der Waals surface area contributed by atoms with Crippen LogP contribution in [0.4, 0.5) is 5.69 Å². The molecule has 0 aromatic heterocycles. The van der Waals surface area contributed by atoms with Crippen LogP contribution in [0, 0.1) is 5.92 Å². The number of nitrogens with one attached hydrogen (secondary N) is 1. The molecule has 0 aliphatic heterocycles. The molecule has 0 bridgehead atoms. The van der Waals surface area contributed by atoms with Crippen molar-refractivity contribution in [3.8, 4) is 0 Å². The Kier molecular flexibility index (Phi) is 4.07. The van der Waals surface area contributed by atoms with Gasteiger partial charge in [-0.25, -0.2) is 0 Å². The van der Waals surface area contributed by atoms with Crippen molar-refractivity contribution in [2.24, 2.45) is 5.92 Å². The lowest BCUT2D eigenvalue weighted by atomic mass is 9.94. The van der Waals surface area contributed by atoms with Crippen molar-refractivity contribution in [3.63, 3.8) is 0 Å². The number of ether oxygens (including phenoxy) is 1. The van der Waals surface area contributed by atoms with Crippen molar-refractivity contribution in [1.82, 2.24) is 0 Å². The fourth-order valence-electron chi connectivity index (χ4n) is 2.18. The molecule has 1 saturated carbocycles. The van der Waals surface area contributed by atoms with Crippen LogP contribution in [-0.2, 0) is 4.74 Å². The van der Waals surface area contributed by atoms with Crippen molar-refractivity contribution in [2.75, 3.05) is 25.6 Å². The molecule has 1 unspecified atom stereocenters. The SMILES string of the molecule is COCC(CO)(Nc1ccc(Br)cc1)C1CC1. The molecule has 0 radical (unpaired) electrons. The maximum absolute atomic E-state index is 9.68. The number of hydrogen-bond acceptors (Lipinski definition) is 3. The number of aliphatic hydroxyl groups excluding tert-OH is 1. The monoisotopic (exact) mass is 299 g/mol. The zero-order valence-corrected chi connectivity index (χ0v) is 11.5. The number of hydrogen-bond donors (Lipinski definition) is 2. The molecule has 1 aromatic rings. The van der Waals surface area contributed by atoms with E-state index in [2.05, 4.69) is 21.2 Å². The third-order valence-electron chi connectivity index (χ3n) is 3.28. The second-order valence-electron chi connectivity index (χ2n) is 4.65. The van der Waals surface area contributed by atoms with Gasteiger partial charge in [0, 0.05) is 17.3 Å². The zero-order valence-electron chi connectivity index (χ0n) is 9.95. The molecule has 0 saturated heterocycles. The summed E-state index contributed by atoms with van der Waals surface area (Å²) in [4.78, 5) is 0. The largest absolute Gasteiger partial charge is 0.394 e. The first-order chi connectivity index (χ1) is 8.20. The molecule has 3 nitrogen and oxygen atoms in total. The highest BCUT2D eigenvalue weighted by molar-refractivity contribution is 9.10. The van der Waals surface area contributed by atoms with Crippen molar-refractivity contribution in [3.05, 3.63) is 28.7 Å². The molecular weight excluding hydrogens is 282 g/mol. The van der Waals surface area contributed by atoms with E-state index in [1.165, 1.54) is 0 Å². The highest BCUT2D eigenvalue weighted by Gasteiger charge is 2.45. The van der Waals surface area contributed by atoms with Crippen LogP contribution in [0.2, 0.25) is 0 Å². The molecule has 94 valence electrons. The Morgan fingerprint density at radius 3 is 2.53 bits per heavy atom. The average Bonchev–Trinajstić information content (AvgIpc) is 3.16. The predicted molar refractivity (Wildman–Crippen MR) is 72.2 cm³/mol. The van der Waals surface area contributed by atoms with Gasteiger partial charge in [0.15, 0.2) is 0 Å². The topological polar surface area (TPSA) is 41.5 Å². The minimum absolute atomic E-state index is 0.0988. The Bertz CT molecular complexity index is 364. The lowest BCUT2D eigenvalue weighted by Gasteiger charge is -2.33. The molecule has 1 aliphatic carbocycles. The summed E-state index contributed by atoms with van der Waals surface area (Å²) in [5, 5.41) is 13.1. The Labute approximate surface area is 110 Å². The van der Waals surface area contributed by atoms with E-state index in [1.54, 1.807) is 7.11 Å². The van der Waals surface area contributed by atoms with E-state index < -0.39 is 0 Å². The fraction of sp³-hybridized carbons (Fsp3) is 0.538. The highest BCUT2D eigenvalue weighted by atomic mass is 79.9. The van der Waals surface area contributed by atoms with Gasteiger partial charge in [-0.05, 0) is 43.0 Å². The molecule has 0 amide bonds. The summed E-state index contributed by atoms with van der Waals surface area (Å²) in [5.41, 5.74) is 0.689. The van der Waals surface area contributed by atoms with Gasteiger partial charge in [0.25, 0.3) is 0 Å². The molecular formula is C13H18BrNO2. The van der Waals surface area contributed by atoms with Crippen LogP contribution in [0.15, 0.2) is 28.7 Å². The van der Waals surface area contributed by atoms with Crippen LogP contribution in [-0.4, -0.2) is 31.0 Å². The van der Waals surface area contributed by atoms with E-state index >= 15 is 0 Å². The van der Waals surface area contributed by atoms with Gasteiger partial charge in [0.1, 0.15) is 0 Å². The average molecular weight is 300 g/mol. The van der Waals surface area contributed by atoms with Gasteiger partial charge < -0.3 is 15.2 Å². The second kappa shape index (κ2) is 5.38. The van der Waals surface area contributed by atoms with E-state index in [4.69, 9.17) is 4.74 Å². The third-order valence-corrected chi connectivity index (χ3v) is 3.81. The second-order valence-corrected chi connectivity index (χ2v) is 5.57. The summed E-state index contributed by atoms with van der Waals surface area (Å²) in [6.45, 7) is 0.631. The highest BCUT2D eigenvalue weighted by Crippen LogP contribution is 2.41. The maximum Gasteiger partial charge on any atom is 0.0865 e. The van der Waals surface area contributed by atoms with Gasteiger partial charge in [0.2, 0.25) is 0 Å². The van der Waals surface area contributed by atoms with Gasteiger partial charge in [-0.1, -0.05) is 15.9 Å². The standard InChI is InChI=1S/C13H18BrNO2/c1-17-9-13(8-16,10-2-3-10)15-12-6-4-11(14)5-7-12/h4-7,10,15-16H,2-3,8-9H2,1H3. The van der Waals surface area contributed by atoms with Gasteiger partial charge in [-0.15, -0.1) is 0 Å². The molecule has 1 fully saturated rings. The van der Waals surface area contributed by atoms with Crippen LogP contribution >= 0.6 is 15.9 Å². The minimum Gasteiger partial charge on any atom is -0.394 e. The first-order valence-electron chi connectivity index (χ1n) is 5.84. The summed E-state index contributed by atoms with van der Waals surface area (Å²) in [6.07, 6.45) is 2.32. The predicted octanol–water partition coefficient (Wildman–Crippen LogP) is 2.65. The molecule has 4 heteroatoms. The number of anilines is 1. The minimum atomic E-state index is -0.331. The molecule has 2 N–H and O–H groups in total. The molecule has 1 atom stereocenters. The van der Waals surface area contributed by atoms with E-state index in [1.807, 2.05) is 24.3 Å². The van der Waals surface area contributed by atoms with Crippen LogP contribution in [0.25, 0.3) is 0 Å². The Morgan fingerprint density at radius 1 is 1.41 bits per heavy atom. The van der Waals surface area contributed by atoms with Crippen molar-refractivity contribution in [1.29, 1.82) is 0 Å². The van der Waals surface area contributed by atoms with Crippen LogP contribution in [0.5, 0.6) is 0 Å². The Balaban J connectivity index is 2.13. The summed E-state index contributed by atoms with van der Waals surface area (Å²) >= 11 is 3.41. The molecule has 17 heavy (non-hydrogen) atoms. The van der Waals surface area contributed by atoms with E-state index in [0.29, 0.717) is 12.5 Å². The fourth-order valence-corrected chi connectivity index (χ4v) is 2.45. The Morgan fingerprint density at radius 2 is 2.06 bits per heavy atom. The number of methoxy groups -OCH3 is 1. The number of aliphatic hydroxyl groups is 1. The summed E-state index contributed by atoms with van der Waals surface area (Å²) in [6, 6.07) is 7.99. The molecule has 0 heterocycles. The van der Waals surface area contributed by atoms with Crippen LogP contribution < -0.4 is 5.32 Å². The number of halogens is 1. The molecule has 1 aromatic carbocycles. The van der Waals surface area contributed by atoms with Crippen LogP contribution in [0.3, 0.4) is 0 Å². The summed E-state index contributed by atoms with van der Waals surface area (Å²) in [5.74, 6) is 0.510. The van der Waals surface area contributed by atoms with E-state index in [9.17, 15) is 5.11 Å². The Hall–Kier alpha value is -0.580. The first-order valence-corrected chi connectivity index (χ1v) is 6.63. The normalized spacial score (nSPS) is 18.8. The maximum atomic E-state index is 9.68. The zero-order chi connectivity index (χ0) is 12.3. The quantitative estimate of drug-likeness (QED) is 0.848. The van der Waals surface area contributed by atoms with Crippen molar-refractivity contribution in [2.45, 2.75) is 18.4 Å². The summed E-state index contributed by atoms with van der Waals surface area (Å²) in [7, 11) is 1.68. The number of rotatable bonds is 6. The molecule has 2 rings (SSSR count). The first kappa shape index (κ1) is 12.9. The van der Waals surface area contributed by atoms with E-state index in [0.717, 1.165) is 23.0 Å². The van der Waals surface area contributed by atoms with Crippen molar-refractivity contribution < 1.29 is 9.84 Å². The molecule has 0 spiro atoms. The van der Waals surface area contributed by atoms with Gasteiger partial charge in [0.05, 0.1) is 18.8 Å². The smallest absolute Gasteiger partial charge is 0.0865 e.